The van der Waals surface area contributed by atoms with Crippen molar-refractivity contribution in [2.45, 2.75) is 23.3 Å². The monoisotopic (exact) mass is 259 g/mol. The van der Waals surface area contributed by atoms with Crippen molar-refractivity contribution in [3.63, 3.8) is 0 Å². The van der Waals surface area contributed by atoms with E-state index in [2.05, 4.69) is 15.5 Å². The van der Waals surface area contributed by atoms with Crippen LogP contribution in [0.2, 0.25) is 0 Å². The fraction of sp³-hybridized carbons (Fsp3) is 0.667. The maximum atomic E-state index is 11.5. The summed E-state index contributed by atoms with van der Waals surface area (Å²) in [6, 6.07) is 0. The molecule has 1 fully saturated rings. The highest BCUT2D eigenvalue weighted by molar-refractivity contribution is 8.01. The third-order valence-corrected chi connectivity index (χ3v) is 4.08. The Morgan fingerprint density at radius 2 is 2.69 bits per heavy atom. The number of nitrogens with one attached hydrogen (secondary N) is 1. The molecular weight excluding hydrogens is 246 g/mol. The van der Waals surface area contributed by atoms with Crippen LogP contribution in [0.15, 0.2) is 9.85 Å². The number of carbonyl (C=O) groups is 1. The SMILES string of the molecule is O=C(CSc1nncs1)NC[C@H]1CCCO1. The van der Waals surface area contributed by atoms with Crippen molar-refractivity contribution in [2.24, 2.45) is 0 Å². The van der Waals surface area contributed by atoms with E-state index in [1.165, 1.54) is 23.1 Å². The van der Waals surface area contributed by atoms with E-state index >= 15 is 0 Å². The minimum Gasteiger partial charge on any atom is -0.376 e. The first kappa shape index (κ1) is 11.8. The second-order valence-electron chi connectivity index (χ2n) is 3.43. The summed E-state index contributed by atoms with van der Waals surface area (Å²) in [5, 5.41) is 10.4. The highest BCUT2D eigenvalue weighted by Crippen LogP contribution is 2.18. The molecule has 1 saturated heterocycles. The first-order valence-electron chi connectivity index (χ1n) is 5.12. The summed E-state index contributed by atoms with van der Waals surface area (Å²) >= 11 is 2.85. The molecule has 1 aliphatic rings. The first-order valence-corrected chi connectivity index (χ1v) is 6.98. The fourth-order valence-corrected chi connectivity index (χ4v) is 2.76. The van der Waals surface area contributed by atoms with Gasteiger partial charge in [-0.1, -0.05) is 23.1 Å². The zero-order chi connectivity index (χ0) is 11.2. The third-order valence-electron chi connectivity index (χ3n) is 2.22. The van der Waals surface area contributed by atoms with Gasteiger partial charge in [0.05, 0.1) is 11.9 Å². The number of hydrogen-bond acceptors (Lipinski definition) is 6. The van der Waals surface area contributed by atoms with Crippen LogP contribution < -0.4 is 5.32 Å². The van der Waals surface area contributed by atoms with Crippen molar-refractivity contribution in [1.82, 2.24) is 15.5 Å². The minimum atomic E-state index is 0.0238. The summed E-state index contributed by atoms with van der Waals surface area (Å²) in [7, 11) is 0. The van der Waals surface area contributed by atoms with Gasteiger partial charge in [-0.15, -0.1) is 10.2 Å². The summed E-state index contributed by atoms with van der Waals surface area (Å²) in [4.78, 5) is 11.5. The Morgan fingerprint density at radius 3 is 3.38 bits per heavy atom. The van der Waals surface area contributed by atoms with Gasteiger partial charge in [-0.25, -0.2) is 0 Å². The average Bonchev–Trinajstić information content (AvgIpc) is 2.96. The van der Waals surface area contributed by atoms with Crippen LogP contribution in [0.5, 0.6) is 0 Å². The second-order valence-corrected chi connectivity index (χ2v) is 5.49. The summed E-state index contributed by atoms with van der Waals surface area (Å²) in [6.45, 7) is 1.44. The van der Waals surface area contributed by atoms with E-state index in [9.17, 15) is 4.79 Å². The van der Waals surface area contributed by atoms with E-state index in [0.29, 0.717) is 12.3 Å². The number of rotatable bonds is 5. The zero-order valence-corrected chi connectivity index (χ0v) is 10.4. The largest absolute Gasteiger partial charge is 0.376 e. The topological polar surface area (TPSA) is 64.1 Å². The first-order chi connectivity index (χ1) is 7.84. The summed E-state index contributed by atoms with van der Waals surface area (Å²) in [5.41, 5.74) is 1.66. The van der Waals surface area contributed by atoms with Crippen LogP contribution in [-0.4, -0.2) is 41.1 Å². The number of ether oxygens (including phenoxy) is 1. The van der Waals surface area contributed by atoms with Crippen LogP contribution in [-0.2, 0) is 9.53 Å². The lowest BCUT2D eigenvalue weighted by molar-refractivity contribution is -0.119. The average molecular weight is 259 g/mol. The molecule has 1 atom stereocenters. The lowest BCUT2D eigenvalue weighted by atomic mass is 10.2. The van der Waals surface area contributed by atoms with Gasteiger partial charge in [-0.2, -0.15) is 0 Å². The number of aromatic nitrogens is 2. The molecule has 2 rings (SSSR count). The van der Waals surface area contributed by atoms with E-state index < -0.39 is 0 Å². The standard InChI is InChI=1S/C9H13N3O2S2/c13-8(5-15-9-12-11-6-16-9)10-4-7-2-1-3-14-7/h6-7H,1-5H2,(H,10,13)/t7-/m1/s1. The Hall–Kier alpha value is -0.660. The molecule has 1 aromatic heterocycles. The van der Waals surface area contributed by atoms with E-state index in [-0.39, 0.29) is 12.0 Å². The molecular formula is C9H13N3O2S2. The summed E-state index contributed by atoms with van der Waals surface area (Å²) < 4.78 is 6.24. The van der Waals surface area contributed by atoms with Crippen LogP contribution in [0.25, 0.3) is 0 Å². The molecule has 16 heavy (non-hydrogen) atoms. The van der Waals surface area contributed by atoms with Gasteiger partial charge in [0, 0.05) is 13.2 Å². The predicted octanol–water partition coefficient (Wildman–Crippen LogP) is 0.925. The minimum absolute atomic E-state index is 0.0238. The Kier molecular flexibility index (Phi) is 4.55. The molecule has 1 amide bonds. The second kappa shape index (κ2) is 6.17. The summed E-state index contributed by atoms with van der Waals surface area (Å²) in [6.07, 6.45) is 2.35. The highest BCUT2D eigenvalue weighted by Gasteiger charge is 2.16. The van der Waals surface area contributed by atoms with Crippen LogP contribution >= 0.6 is 23.1 Å². The smallest absolute Gasteiger partial charge is 0.230 e. The number of amides is 1. The molecule has 0 radical (unpaired) electrons. The number of carbonyl (C=O) groups excluding carboxylic acids is 1. The third kappa shape index (κ3) is 3.73. The Bertz CT molecular complexity index is 326. The van der Waals surface area contributed by atoms with Gasteiger partial charge in [-0.05, 0) is 12.8 Å². The van der Waals surface area contributed by atoms with Crippen molar-refractivity contribution in [2.75, 3.05) is 18.9 Å². The van der Waals surface area contributed by atoms with E-state index in [1.54, 1.807) is 5.51 Å². The molecule has 0 aromatic carbocycles. The van der Waals surface area contributed by atoms with Crippen LogP contribution in [0.1, 0.15) is 12.8 Å². The molecule has 7 heteroatoms. The van der Waals surface area contributed by atoms with Crippen LogP contribution in [0.3, 0.4) is 0 Å². The van der Waals surface area contributed by atoms with Gasteiger partial charge in [-0.3, -0.25) is 4.79 Å². The fourth-order valence-electron chi connectivity index (χ4n) is 1.44. The molecule has 1 aliphatic heterocycles. The molecule has 0 bridgehead atoms. The molecule has 1 N–H and O–H groups in total. The molecule has 1 aromatic rings. The van der Waals surface area contributed by atoms with Crippen LogP contribution in [0.4, 0.5) is 0 Å². The molecule has 0 aliphatic carbocycles. The lowest BCUT2D eigenvalue weighted by Gasteiger charge is -2.09. The van der Waals surface area contributed by atoms with Crippen LogP contribution in [0, 0.1) is 0 Å². The van der Waals surface area contributed by atoms with Gasteiger partial charge in [0.25, 0.3) is 0 Å². The lowest BCUT2D eigenvalue weighted by Crippen LogP contribution is -2.32. The highest BCUT2D eigenvalue weighted by atomic mass is 32.2. The maximum absolute atomic E-state index is 11.5. The Balaban J connectivity index is 1.60. The number of thioether (sulfide) groups is 1. The maximum Gasteiger partial charge on any atom is 0.230 e. The van der Waals surface area contributed by atoms with E-state index in [4.69, 9.17) is 4.74 Å². The molecule has 88 valence electrons. The molecule has 0 saturated carbocycles. The van der Waals surface area contributed by atoms with Gasteiger partial charge in [0.1, 0.15) is 5.51 Å². The van der Waals surface area contributed by atoms with E-state index in [0.717, 1.165) is 23.8 Å². The zero-order valence-electron chi connectivity index (χ0n) is 8.72. The summed E-state index contributed by atoms with van der Waals surface area (Å²) in [5.74, 6) is 0.415. The van der Waals surface area contributed by atoms with Crippen molar-refractivity contribution >= 4 is 29.0 Å². The quantitative estimate of drug-likeness (QED) is 0.797. The van der Waals surface area contributed by atoms with Gasteiger partial charge in [0.15, 0.2) is 4.34 Å². The Labute approximate surface area is 102 Å². The van der Waals surface area contributed by atoms with Gasteiger partial charge < -0.3 is 10.1 Å². The predicted molar refractivity (Wildman–Crippen MR) is 62.6 cm³/mol. The van der Waals surface area contributed by atoms with Crippen molar-refractivity contribution in [3.8, 4) is 0 Å². The Morgan fingerprint density at radius 1 is 1.75 bits per heavy atom. The van der Waals surface area contributed by atoms with Gasteiger partial charge >= 0.3 is 0 Å². The van der Waals surface area contributed by atoms with E-state index in [1.807, 2.05) is 0 Å². The van der Waals surface area contributed by atoms with Crippen molar-refractivity contribution < 1.29 is 9.53 Å². The number of nitrogens with zero attached hydrogens (tertiary/aromatic N) is 2. The number of hydrogen-bond donors (Lipinski definition) is 1. The molecule has 0 unspecified atom stereocenters. The normalized spacial score (nSPS) is 19.9. The molecule has 5 nitrogen and oxygen atoms in total. The molecule has 0 spiro atoms. The van der Waals surface area contributed by atoms with Crippen molar-refractivity contribution in [3.05, 3.63) is 5.51 Å². The van der Waals surface area contributed by atoms with Gasteiger partial charge in [0.2, 0.25) is 5.91 Å². The van der Waals surface area contributed by atoms with Crippen molar-refractivity contribution in [1.29, 1.82) is 0 Å². The molecule has 2 heterocycles.